The minimum atomic E-state index is -0.379. The lowest BCUT2D eigenvalue weighted by molar-refractivity contribution is 0.122. The van der Waals surface area contributed by atoms with E-state index in [-0.39, 0.29) is 11.7 Å². The van der Waals surface area contributed by atoms with Gasteiger partial charge >= 0.3 is 0 Å². The smallest absolute Gasteiger partial charge is 0.251 e. The van der Waals surface area contributed by atoms with E-state index in [0.29, 0.717) is 11.5 Å². The summed E-state index contributed by atoms with van der Waals surface area (Å²) in [7, 11) is 0. The fourth-order valence-corrected chi connectivity index (χ4v) is 2.72. The zero-order valence-electron chi connectivity index (χ0n) is 13.0. The third kappa shape index (κ3) is 2.88. The first kappa shape index (κ1) is 14.8. The number of ether oxygens (including phenoxy) is 1. The molecule has 1 aliphatic rings. The highest BCUT2D eigenvalue weighted by Crippen LogP contribution is 2.27. The monoisotopic (exact) mass is 325 g/mol. The van der Waals surface area contributed by atoms with Crippen LogP contribution in [0.4, 0.5) is 10.1 Å². The number of hydrogen-bond donors (Lipinski definition) is 0. The minimum Gasteiger partial charge on any atom is -0.416 e. The molecule has 0 saturated carbocycles. The van der Waals surface area contributed by atoms with Crippen molar-refractivity contribution in [2.75, 3.05) is 31.2 Å². The summed E-state index contributed by atoms with van der Waals surface area (Å²) < 4.78 is 24.8. The Morgan fingerprint density at radius 2 is 1.58 bits per heavy atom. The Morgan fingerprint density at radius 1 is 0.875 bits per heavy atom. The lowest BCUT2D eigenvalue weighted by Crippen LogP contribution is -2.36. The molecule has 1 fully saturated rings. The molecule has 0 bridgehead atoms. The predicted molar refractivity (Wildman–Crippen MR) is 88.2 cm³/mol. The van der Waals surface area contributed by atoms with E-state index in [1.165, 1.54) is 6.07 Å². The van der Waals surface area contributed by atoms with Crippen molar-refractivity contribution in [3.05, 3.63) is 54.3 Å². The molecule has 0 N–H and O–H groups in total. The first-order valence-electron chi connectivity index (χ1n) is 7.83. The summed E-state index contributed by atoms with van der Waals surface area (Å²) in [6.07, 6.45) is 0. The average molecular weight is 325 g/mol. The van der Waals surface area contributed by atoms with E-state index in [1.807, 2.05) is 24.3 Å². The molecule has 0 atom stereocenters. The van der Waals surface area contributed by atoms with Crippen LogP contribution in [0.25, 0.3) is 22.9 Å². The Balaban J connectivity index is 1.57. The third-order valence-corrected chi connectivity index (χ3v) is 4.02. The Hall–Kier alpha value is -2.73. The second-order valence-corrected chi connectivity index (χ2v) is 5.54. The van der Waals surface area contributed by atoms with Crippen molar-refractivity contribution in [2.24, 2.45) is 0 Å². The number of benzene rings is 2. The van der Waals surface area contributed by atoms with Crippen molar-refractivity contribution < 1.29 is 13.5 Å². The molecule has 2 heterocycles. The molecule has 24 heavy (non-hydrogen) atoms. The molecule has 4 rings (SSSR count). The molecule has 5 nitrogen and oxygen atoms in total. The predicted octanol–water partition coefficient (Wildman–Crippen LogP) is 3.38. The molecule has 2 aromatic carbocycles. The lowest BCUT2D eigenvalue weighted by atomic mass is 10.2. The molecule has 6 heteroatoms. The van der Waals surface area contributed by atoms with Gasteiger partial charge < -0.3 is 14.1 Å². The number of hydrogen-bond acceptors (Lipinski definition) is 5. The Bertz CT molecular complexity index is 826. The molecule has 0 unspecified atom stereocenters. The maximum absolute atomic E-state index is 13.8. The van der Waals surface area contributed by atoms with Crippen LogP contribution in [0.15, 0.2) is 52.9 Å². The van der Waals surface area contributed by atoms with Gasteiger partial charge in [-0.1, -0.05) is 12.1 Å². The van der Waals surface area contributed by atoms with E-state index in [0.717, 1.165) is 37.6 Å². The molecular weight excluding hydrogens is 309 g/mol. The summed E-state index contributed by atoms with van der Waals surface area (Å²) in [5.41, 5.74) is 2.25. The minimum absolute atomic E-state index is 0.181. The summed E-state index contributed by atoms with van der Waals surface area (Å²) in [6, 6.07) is 14.3. The number of anilines is 1. The van der Waals surface area contributed by atoms with Crippen molar-refractivity contribution in [1.82, 2.24) is 10.2 Å². The van der Waals surface area contributed by atoms with Gasteiger partial charge in [-0.25, -0.2) is 4.39 Å². The van der Waals surface area contributed by atoms with E-state index in [1.54, 1.807) is 18.2 Å². The largest absolute Gasteiger partial charge is 0.416 e. The van der Waals surface area contributed by atoms with Crippen LogP contribution in [0.1, 0.15) is 0 Å². The Morgan fingerprint density at radius 3 is 2.33 bits per heavy atom. The topological polar surface area (TPSA) is 51.4 Å². The number of halogens is 1. The standard InChI is InChI=1S/C18H16FN3O2/c19-16-4-2-1-3-15(16)18-21-20-17(24-18)13-5-7-14(8-6-13)22-9-11-23-12-10-22/h1-8H,9-12H2. The van der Waals surface area contributed by atoms with Gasteiger partial charge in [0.2, 0.25) is 5.89 Å². The number of aromatic nitrogens is 2. The van der Waals surface area contributed by atoms with Crippen LogP contribution < -0.4 is 4.90 Å². The number of morpholine rings is 1. The average Bonchev–Trinajstić information content (AvgIpc) is 3.13. The highest BCUT2D eigenvalue weighted by molar-refractivity contribution is 5.61. The van der Waals surface area contributed by atoms with Gasteiger partial charge in [-0.2, -0.15) is 0 Å². The normalized spacial score (nSPS) is 14.8. The molecule has 122 valence electrons. The summed E-state index contributed by atoms with van der Waals surface area (Å²) in [5.74, 6) is 0.178. The van der Waals surface area contributed by atoms with Crippen LogP contribution in [0, 0.1) is 5.82 Å². The number of rotatable bonds is 3. The van der Waals surface area contributed by atoms with E-state index >= 15 is 0 Å². The summed E-state index contributed by atoms with van der Waals surface area (Å²) in [6.45, 7) is 3.27. The second kappa shape index (κ2) is 6.41. The molecule has 1 saturated heterocycles. The van der Waals surface area contributed by atoms with Gasteiger partial charge in [-0.15, -0.1) is 10.2 Å². The highest BCUT2D eigenvalue weighted by atomic mass is 19.1. The Labute approximate surface area is 138 Å². The van der Waals surface area contributed by atoms with Crippen LogP contribution in [-0.2, 0) is 4.74 Å². The van der Waals surface area contributed by atoms with Gasteiger partial charge in [0.1, 0.15) is 5.82 Å². The van der Waals surface area contributed by atoms with Gasteiger partial charge in [0.05, 0.1) is 18.8 Å². The molecule has 1 aromatic heterocycles. The molecule has 0 aliphatic carbocycles. The molecule has 0 radical (unpaired) electrons. The van der Waals surface area contributed by atoms with E-state index in [2.05, 4.69) is 15.1 Å². The second-order valence-electron chi connectivity index (χ2n) is 5.54. The van der Waals surface area contributed by atoms with Crippen LogP contribution in [0.5, 0.6) is 0 Å². The quantitative estimate of drug-likeness (QED) is 0.739. The van der Waals surface area contributed by atoms with Crippen molar-refractivity contribution in [3.63, 3.8) is 0 Å². The Kier molecular flexibility index (Phi) is 3.96. The zero-order chi connectivity index (χ0) is 16.4. The van der Waals surface area contributed by atoms with Gasteiger partial charge in [-0.3, -0.25) is 0 Å². The van der Waals surface area contributed by atoms with Gasteiger partial charge in [0.25, 0.3) is 5.89 Å². The van der Waals surface area contributed by atoms with Crippen LogP contribution in [0.3, 0.4) is 0 Å². The first-order valence-corrected chi connectivity index (χ1v) is 7.83. The van der Waals surface area contributed by atoms with Crippen LogP contribution >= 0.6 is 0 Å². The van der Waals surface area contributed by atoms with Crippen molar-refractivity contribution in [3.8, 4) is 22.9 Å². The van der Waals surface area contributed by atoms with Gasteiger partial charge in [0, 0.05) is 24.3 Å². The highest BCUT2D eigenvalue weighted by Gasteiger charge is 2.15. The fraction of sp³-hybridized carbons (Fsp3) is 0.222. The fourth-order valence-electron chi connectivity index (χ4n) is 2.72. The maximum atomic E-state index is 13.8. The zero-order valence-corrected chi connectivity index (χ0v) is 13.0. The SMILES string of the molecule is Fc1ccccc1-c1nnc(-c2ccc(N3CCOCC3)cc2)o1. The van der Waals surface area contributed by atoms with E-state index < -0.39 is 0 Å². The number of nitrogens with zero attached hydrogens (tertiary/aromatic N) is 3. The van der Waals surface area contributed by atoms with E-state index in [9.17, 15) is 4.39 Å². The maximum Gasteiger partial charge on any atom is 0.251 e. The summed E-state index contributed by atoms with van der Waals surface area (Å²) in [5, 5.41) is 7.98. The molecular formula is C18H16FN3O2. The van der Waals surface area contributed by atoms with Crippen LogP contribution in [-0.4, -0.2) is 36.5 Å². The molecule has 1 aliphatic heterocycles. The van der Waals surface area contributed by atoms with E-state index in [4.69, 9.17) is 9.15 Å². The summed E-state index contributed by atoms with van der Waals surface area (Å²) in [4.78, 5) is 2.27. The third-order valence-electron chi connectivity index (χ3n) is 4.02. The van der Waals surface area contributed by atoms with Crippen molar-refractivity contribution in [1.29, 1.82) is 0 Å². The molecule has 0 spiro atoms. The van der Waals surface area contributed by atoms with Crippen molar-refractivity contribution >= 4 is 5.69 Å². The van der Waals surface area contributed by atoms with Gasteiger partial charge in [-0.05, 0) is 36.4 Å². The van der Waals surface area contributed by atoms with Crippen LogP contribution in [0.2, 0.25) is 0 Å². The summed E-state index contributed by atoms with van der Waals surface area (Å²) >= 11 is 0. The first-order chi connectivity index (χ1) is 11.8. The molecule has 0 amide bonds. The molecule has 3 aromatic rings. The van der Waals surface area contributed by atoms with Gasteiger partial charge in [0.15, 0.2) is 0 Å². The van der Waals surface area contributed by atoms with Crippen molar-refractivity contribution in [2.45, 2.75) is 0 Å². The lowest BCUT2D eigenvalue weighted by Gasteiger charge is -2.28.